The topological polar surface area (TPSA) is 81.6 Å². The number of anilines is 1. The highest BCUT2D eigenvalue weighted by Crippen LogP contribution is 2.21. The zero-order valence-corrected chi connectivity index (χ0v) is 10.7. The molecule has 1 unspecified atom stereocenters. The monoisotopic (exact) mass is 269 g/mol. The van der Waals surface area contributed by atoms with Crippen molar-refractivity contribution in [1.82, 2.24) is 4.90 Å². The Morgan fingerprint density at radius 1 is 1.56 bits per heavy atom. The van der Waals surface area contributed by atoms with Crippen molar-refractivity contribution in [2.24, 2.45) is 5.73 Å². The average Bonchev–Trinajstić information content (AvgIpc) is 2.33. The number of primary amides is 1. The van der Waals surface area contributed by atoms with Crippen LogP contribution in [0.4, 0.5) is 5.69 Å². The standard InChI is InChI=1S/C12H16ClN3O2/c13-9-2-1-8(10(14)5-9)6-16-3-4-18-7-11(16)12(15)17/h1-2,5,11H,3-4,6-7,14H2,(H2,15,17). The van der Waals surface area contributed by atoms with Crippen molar-refractivity contribution in [2.75, 3.05) is 25.5 Å². The number of carbonyl (C=O) groups excluding carboxylic acids is 1. The van der Waals surface area contributed by atoms with E-state index in [-0.39, 0.29) is 5.91 Å². The van der Waals surface area contributed by atoms with Gasteiger partial charge in [0.05, 0.1) is 13.2 Å². The summed E-state index contributed by atoms with van der Waals surface area (Å²) in [6.07, 6.45) is 0. The summed E-state index contributed by atoms with van der Waals surface area (Å²) in [6, 6.07) is 4.96. The summed E-state index contributed by atoms with van der Waals surface area (Å²) in [5.74, 6) is -0.373. The van der Waals surface area contributed by atoms with Gasteiger partial charge in [0.1, 0.15) is 6.04 Å². The number of amides is 1. The predicted octanol–water partition coefficient (Wildman–Crippen LogP) is 0.608. The second kappa shape index (κ2) is 5.56. The van der Waals surface area contributed by atoms with Gasteiger partial charge in [-0.2, -0.15) is 0 Å². The fraction of sp³-hybridized carbons (Fsp3) is 0.417. The Hall–Kier alpha value is -1.30. The molecule has 0 saturated carbocycles. The van der Waals surface area contributed by atoms with Crippen LogP contribution in [-0.4, -0.2) is 36.6 Å². The summed E-state index contributed by atoms with van der Waals surface area (Å²) in [6.45, 7) is 2.16. The zero-order valence-electron chi connectivity index (χ0n) is 9.93. The number of ether oxygens (including phenoxy) is 1. The van der Waals surface area contributed by atoms with Crippen molar-refractivity contribution in [1.29, 1.82) is 0 Å². The van der Waals surface area contributed by atoms with Gasteiger partial charge >= 0.3 is 0 Å². The van der Waals surface area contributed by atoms with E-state index in [1.165, 1.54) is 0 Å². The number of carbonyl (C=O) groups is 1. The molecule has 1 aliphatic heterocycles. The van der Waals surface area contributed by atoms with Crippen LogP contribution in [0, 0.1) is 0 Å². The molecule has 0 spiro atoms. The molecule has 5 nitrogen and oxygen atoms in total. The van der Waals surface area contributed by atoms with Gasteiger partial charge in [0.25, 0.3) is 0 Å². The Labute approximate surface area is 111 Å². The number of hydrogen-bond donors (Lipinski definition) is 2. The molecule has 1 aliphatic rings. The van der Waals surface area contributed by atoms with E-state index in [9.17, 15) is 4.79 Å². The van der Waals surface area contributed by atoms with Crippen LogP contribution < -0.4 is 11.5 Å². The maximum Gasteiger partial charge on any atom is 0.237 e. The maximum atomic E-state index is 11.3. The minimum Gasteiger partial charge on any atom is -0.398 e. The number of morpholine rings is 1. The lowest BCUT2D eigenvalue weighted by atomic mass is 10.1. The molecule has 1 saturated heterocycles. The van der Waals surface area contributed by atoms with Crippen LogP contribution in [-0.2, 0) is 16.1 Å². The van der Waals surface area contributed by atoms with Gasteiger partial charge in [0.15, 0.2) is 0 Å². The molecule has 2 rings (SSSR count). The van der Waals surface area contributed by atoms with Crippen LogP contribution in [0.15, 0.2) is 18.2 Å². The summed E-state index contributed by atoms with van der Waals surface area (Å²) in [4.78, 5) is 13.3. The molecule has 98 valence electrons. The van der Waals surface area contributed by atoms with Gasteiger partial charge in [0.2, 0.25) is 5.91 Å². The van der Waals surface area contributed by atoms with Crippen molar-refractivity contribution in [2.45, 2.75) is 12.6 Å². The molecule has 0 aliphatic carbocycles. The Morgan fingerprint density at radius 2 is 2.33 bits per heavy atom. The van der Waals surface area contributed by atoms with Crippen molar-refractivity contribution in [3.8, 4) is 0 Å². The van der Waals surface area contributed by atoms with E-state index in [1.54, 1.807) is 12.1 Å². The second-order valence-corrected chi connectivity index (χ2v) is 4.74. The zero-order chi connectivity index (χ0) is 13.1. The Balaban J connectivity index is 2.13. The van der Waals surface area contributed by atoms with Crippen molar-refractivity contribution in [3.63, 3.8) is 0 Å². The lowest BCUT2D eigenvalue weighted by Crippen LogP contribution is -2.51. The lowest BCUT2D eigenvalue weighted by Gasteiger charge is -2.33. The molecule has 18 heavy (non-hydrogen) atoms. The van der Waals surface area contributed by atoms with E-state index >= 15 is 0 Å². The first-order valence-corrected chi connectivity index (χ1v) is 6.10. The van der Waals surface area contributed by atoms with Gasteiger partial charge < -0.3 is 16.2 Å². The first kappa shape index (κ1) is 13.1. The molecule has 1 aromatic rings. The first-order chi connectivity index (χ1) is 8.58. The number of nitrogens with two attached hydrogens (primary N) is 2. The Kier molecular flexibility index (Phi) is 4.06. The lowest BCUT2D eigenvalue weighted by molar-refractivity contribution is -0.129. The second-order valence-electron chi connectivity index (χ2n) is 4.31. The quantitative estimate of drug-likeness (QED) is 0.788. The van der Waals surface area contributed by atoms with Gasteiger partial charge in [-0.05, 0) is 17.7 Å². The molecule has 0 aromatic heterocycles. The third-order valence-corrected chi connectivity index (χ3v) is 3.28. The van der Waals surface area contributed by atoms with Crippen LogP contribution in [0.2, 0.25) is 5.02 Å². The molecular weight excluding hydrogens is 254 g/mol. The number of rotatable bonds is 3. The number of nitrogen functional groups attached to an aromatic ring is 1. The SMILES string of the molecule is NC(=O)C1COCCN1Cc1ccc(Cl)cc1N. The molecule has 1 aromatic carbocycles. The number of halogens is 1. The normalized spacial score (nSPS) is 20.8. The molecule has 1 fully saturated rings. The van der Waals surface area contributed by atoms with Crippen LogP contribution in [0.5, 0.6) is 0 Å². The molecular formula is C12H16ClN3O2. The fourth-order valence-corrected chi connectivity index (χ4v) is 2.20. The number of benzene rings is 1. The van der Waals surface area contributed by atoms with Crippen molar-refractivity contribution >= 4 is 23.2 Å². The van der Waals surface area contributed by atoms with Crippen LogP contribution >= 0.6 is 11.6 Å². The van der Waals surface area contributed by atoms with E-state index in [2.05, 4.69) is 0 Å². The highest BCUT2D eigenvalue weighted by atomic mass is 35.5. The maximum absolute atomic E-state index is 11.3. The summed E-state index contributed by atoms with van der Waals surface area (Å²) < 4.78 is 5.27. The van der Waals surface area contributed by atoms with E-state index in [4.69, 9.17) is 27.8 Å². The van der Waals surface area contributed by atoms with Gasteiger partial charge in [-0.3, -0.25) is 9.69 Å². The van der Waals surface area contributed by atoms with Gasteiger partial charge in [-0.15, -0.1) is 0 Å². The van der Waals surface area contributed by atoms with Crippen LogP contribution in [0.25, 0.3) is 0 Å². The minimum absolute atomic E-state index is 0.336. The first-order valence-electron chi connectivity index (χ1n) is 5.73. The smallest absolute Gasteiger partial charge is 0.237 e. The Morgan fingerprint density at radius 3 is 3.00 bits per heavy atom. The molecule has 0 bridgehead atoms. The molecule has 1 atom stereocenters. The largest absolute Gasteiger partial charge is 0.398 e. The molecule has 4 N–H and O–H groups in total. The van der Waals surface area contributed by atoms with Gasteiger partial charge in [-0.1, -0.05) is 17.7 Å². The van der Waals surface area contributed by atoms with E-state index < -0.39 is 6.04 Å². The van der Waals surface area contributed by atoms with Gasteiger partial charge in [-0.25, -0.2) is 0 Å². The average molecular weight is 270 g/mol. The Bertz CT molecular complexity index is 453. The summed E-state index contributed by atoms with van der Waals surface area (Å²) in [5, 5.41) is 0.602. The summed E-state index contributed by atoms with van der Waals surface area (Å²) in [7, 11) is 0. The highest BCUT2D eigenvalue weighted by molar-refractivity contribution is 6.30. The van der Waals surface area contributed by atoms with Crippen LogP contribution in [0.3, 0.4) is 0 Å². The van der Waals surface area contributed by atoms with Crippen LogP contribution in [0.1, 0.15) is 5.56 Å². The minimum atomic E-state index is -0.395. The van der Waals surface area contributed by atoms with Gasteiger partial charge in [0, 0.05) is 23.8 Å². The van der Waals surface area contributed by atoms with Crippen molar-refractivity contribution in [3.05, 3.63) is 28.8 Å². The van der Waals surface area contributed by atoms with E-state index in [1.807, 2.05) is 11.0 Å². The number of nitrogens with zero attached hydrogens (tertiary/aromatic N) is 1. The molecule has 1 amide bonds. The molecule has 6 heteroatoms. The molecule has 0 radical (unpaired) electrons. The highest BCUT2D eigenvalue weighted by Gasteiger charge is 2.27. The summed E-state index contributed by atoms with van der Waals surface area (Å²) in [5.41, 5.74) is 12.8. The number of hydrogen-bond acceptors (Lipinski definition) is 4. The third-order valence-electron chi connectivity index (χ3n) is 3.05. The van der Waals surface area contributed by atoms with E-state index in [0.717, 1.165) is 5.56 Å². The van der Waals surface area contributed by atoms with E-state index in [0.29, 0.717) is 37.0 Å². The third kappa shape index (κ3) is 2.93. The molecule has 1 heterocycles. The fourth-order valence-electron chi connectivity index (χ4n) is 2.02. The summed E-state index contributed by atoms with van der Waals surface area (Å²) >= 11 is 5.85. The van der Waals surface area contributed by atoms with Crippen molar-refractivity contribution < 1.29 is 9.53 Å². The predicted molar refractivity (Wildman–Crippen MR) is 70.1 cm³/mol.